The molecule has 0 saturated heterocycles. The molecule has 5 nitrogen and oxygen atoms in total. The topological polar surface area (TPSA) is 84.2 Å². The molecule has 6 heteroatoms. The minimum Gasteiger partial charge on any atom is -0.370 e. The van der Waals surface area contributed by atoms with E-state index in [1.807, 2.05) is 30.3 Å². The molecule has 2 aromatic carbocycles. The Morgan fingerprint density at radius 2 is 1.76 bits per heavy atom. The van der Waals surface area contributed by atoms with Crippen molar-refractivity contribution in [1.29, 1.82) is 0 Å². The maximum Gasteiger partial charge on any atom is 0.315 e. The predicted octanol–water partition coefficient (Wildman–Crippen LogP) is 3.11. The van der Waals surface area contributed by atoms with Crippen LogP contribution in [0, 0.1) is 12.7 Å². The van der Waals surface area contributed by atoms with E-state index in [0.29, 0.717) is 5.56 Å². The lowest BCUT2D eigenvalue weighted by molar-refractivity contribution is -0.118. The van der Waals surface area contributed by atoms with Crippen LogP contribution in [0.15, 0.2) is 48.5 Å². The largest absolute Gasteiger partial charge is 0.370 e. The molecule has 0 saturated carbocycles. The van der Waals surface area contributed by atoms with Crippen LogP contribution in [0.1, 0.15) is 42.1 Å². The van der Waals surface area contributed by atoms with E-state index in [1.54, 1.807) is 26.0 Å². The molecule has 0 spiro atoms. The Labute approximate surface area is 146 Å². The van der Waals surface area contributed by atoms with Gasteiger partial charge in [0.2, 0.25) is 5.91 Å². The summed E-state index contributed by atoms with van der Waals surface area (Å²) in [6, 6.07) is 12.6. The fraction of sp³-hybridized carbons (Fsp3) is 0.263. The van der Waals surface area contributed by atoms with Gasteiger partial charge in [-0.2, -0.15) is 0 Å². The molecule has 3 amide bonds. The number of hydrogen-bond acceptors (Lipinski definition) is 2. The number of aryl methyl sites for hydroxylation is 1. The molecule has 0 fully saturated rings. The zero-order valence-corrected chi connectivity index (χ0v) is 14.3. The van der Waals surface area contributed by atoms with E-state index in [-0.39, 0.29) is 18.3 Å². The second-order valence-corrected chi connectivity index (χ2v) is 5.98. The fourth-order valence-electron chi connectivity index (χ4n) is 2.56. The van der Waals surface area contributed by atoms with Gasteiger partial charge < -0.3 is 16.4 Å². The zero-order chi connectivity index (χ0) is 18.4. The summed E-state index contributed by atoms with van der Waals surface area (Å²) >= 11 is 0. The molecule has 0 aliphatic rings. The summed E-state index contributed by atoms with van der Waals surface area (Å²) in [5.41, 5.74) is 7.38. The van der Waals surface area contributed by atoms with Gasteiger partial charge in [0, 0.05) is 0 Å². The molecular formula is C19H22FN3O2. The molecule has 0 radical (unpaired) electrons. The van der Waals surface area contributed by atoms with Crippen LogP contribution in [0.25, 0.3) is 0 Å². The van der Waals surface area contributed by atoms with Gasteiger partial charge in [0.1, 0.15) is 5.82 Å². The first kappa shape index (κ1) is 18.4. The summed E-state index contributed by atoms with van der Waals surface area (Å²) in [4.78, 5) is 23.6. The second-order valence-electron chi connectivity index (χ2n) is 5.98. The van der Waals surface area contributed by atoms with Crippen molar-refractivity contribution >= 4 is 11.9 Å². The van der Waals surface area contributed by atoms with E-state index >= 15 is 0 Å². The van der Waals surface area contributed by atoms with Gasteiger partial charge in [-0.05, 0) is 36.6 Å². The normalized spacial score (nSPS) is 12.9. The molecule has 4 N–H and O–H groups in total. The Hall–Kier alpha value is -2.89. The number of amides is 3. The smallest absolute Gasteiger partial charge is 0.315 e. The third-order valence-corrected chi connectivity index (χ3v) is 3.94. The van der Waals surface area contributed by atoms with Crippen molar-refractivity contribution in [2.75, 3.05) is 0 Å². The molecule has 0 aromatic heterocycles. The zero-order valence-electron chi connectivity index (χ0n) is 14.3. The number of halogens is 1. The Balaban J connectivity index is 2.05. The number of carbonyl (C=O) groups is 2. The first-order chi connectivity index (χ1) is 11.9. The van der Waals surface area contributed by atoms with Crippen molar-refractivity contribution in [3.8, 4) is 0 Å². The number of nitrogens with one attached hydrogen (secondary N) is 2. The number of urea groups is 1. The third-order valence-electron chi connectivity index (χ3n) is 3.94. The monoisotopic (exact) mass is 343 g/mol. The van der Waals surface area contributed by atoms with Crippen LogP contribution in [-0.2, 0) is 4.79 Å². The molecular weight excluding hydrogens is 321 g/mol. The molecule has 25 heavy (non-hydrogen) atoms. The van der Waals surface area contributed by atoms with Crippen molar-refractivity contribution in [2.45, 2.75) is 32.4 Å². The van der Waals surface area contributed by atoms with Crippen LogP contribution in [0.3, 0.4) is 0 Å². The standard InChI is InChI=1S/C19H22FN3O2/c1-12-10-15(8-9-16(12)20)13(2)22-19(25)23-17(11-18(21)24)14-6-4-3-5-7-14/h3-10,13,17H,11H2,1-2H3,(H2,21,24)(H2,22,23,25)/t13-,17-/m1/s1. The van der Waals surface area contributed by atoms with Crippen LogP contribution >= 0.6 is 0 Å². The molecule has 0 aliphatic carbocycles. The molecule has 0 aliphatic heterocycles. The summed E-state index contributed by atoms with van der Waals surface area (Å²) in [6.07, 6.45) is 0.00146. The van der Waals surface area contributed by atoms with E-state index in [2.05, 4.69) is 10.6 Å². The van der Waals surface area contributed by atoms with Gasteiger partial charge in [-0.15, -0.1) is 0 Å². The number of primary amides is 1. The Morgan fingerprint density at radius 3 is 2.36 bits per heavy atom. The first-order valence-corrected chi connectivity index (χ1v) is 8.03. The van der Waals surface area contributed by atoms with E-state index in [9.17, 15) is 14.0 Å². The lowest BCUT2D eigenvalue weighted by Crippen LogP contribution is -2.40. The Kier molecular flexibility index (Phi) is 6.11. The lowest BCUT2D eigenvalue weighted by Gasteiger charge is -2.21. The number of benzene rings is 2. The fourth-order valence-corrected chi connectivity index (χ4v) is 2.56. The first-order valence-electron chi connectivity index (χ1n) is 8.03. The molecule has 2 aromatic rings. The highest BCUT2D eigenvalue weighted by Crippen LogP contribution is 2.18. The second kappa shape index (κ2) is 8.28. The van der Waals surface area contributed by atoms with Crippen molar-refractivity contribution in [1.82, 2.24) is 10.6 Å². The van der Waals surface area contributed by atoms with E-state index in [4.69, 9.17) is 5.73 Å². The SMILES string of the molecule is Cc1cc([C@@H](C)NC(=O)N[C@H](CC(N)=O)c2ccccc2)ccc1F. The van der Waals surface area contributed by atoms with Crippen LogP contribution in [0.4, 0.5) is 9.18 Å². The van der Waals surface area contributed by atoms with Crippen LogP contribution < -0.4 is 16.4 Å². The number of rotatable bonds is 6. The highest BCUT2D eigenvalue weighted by Gasteiger charge is 2.18. The van der Waals surface area contributed by atoms with Gasteiger partial charge in [0.25, 0.3) is 0 Å². The summed E-state index contributed by atoms with van der Waals surface area (Å²) in [7, 11) is 0. The molecule has 132 valence electrons. The van der Waals surface area contributed by atoms with E-state index < -0.39 is 18.0 Å². The van der Waals surface area contributed by atoms with E-state index in [0.717, 1.165) is 11.1 Å². The highest BCUT2D eigenvalue weighted by molar-refractivity contribution is 5.78. The summed E-state index contributed by atoms with van der Waals surface area (Å²) in [6.45, 7) is 3.47. The van der Waals surface area contributed by atoms with Gasteiger partial charge in [-0.25, -0.2) is 9.18 Å². The van der Waals surface area contributed by atoms with Crippen molar-refractivity contribution < 1.29 is 14.0 Å². The van der Waals surface area contributed by atoms with Gasteiger partial charge >= 0.3 is 6.03 Å². The maximum absolute atomic E-state index is 13.4. The van der Waals surface area contributed by atoms with Crippen molar-refractivity contribution in [3.63, 3.8) is 0 Å². The predicted molar refractivity (Wildman–Crippen MR) is 94.2 cm³/mol. The summed E-state index contributed by atoms with van der Waals surface area (Å²) in [5, 5.41) is 5.56. The minimum atomic E-state index is -0.513. The lowest BCUT2D eigenvalue weighted by atomic mass is 10.0. The van der Waals surface area contributed by atoms with E-state index in [1.165, 1.54) is 6.07 Å². The average Bonchev–Trinajstić information content (AvgIpc) is 2.57. The summed E-state index contributed by atoms with van der Waals surface area (Å²) in [5.74, 6) is -0.789. The molecule has 0 bridgehead atoms. The Morgan fingerprint density at radius 1 is 1.08 bits per heavy atom. The van der Waals surface area contributed by atoms with Gasteiger partial charge in [0.05, 0.1) is 18.5 Å². The van der Waals surface area contributed by atoms with Crippen LogP contribution in [-0.4, -0.2) is 11.9 Å². The summed E-state index contributed by atoms with van der Waals surface area (Å²) < 4.78 is 13.4. The van der Waals surface area contributed by atoms with Crippen molar-refractivity contribution in [2.24, 2.45) is 5.73 Å². The number of carbonyl (C=O) groups excluding carboxylic acids is 2. The highest BCUT2D eigenvalue weighted by atomic mass is 19.1. The van der Waals surface area contributed by atoms with Crippen molar-refractivity contribution in [3.05, 3.63) is 71.0 Å². The minimum absolute atomic E-state index is 0.00146. The van der Waals surface area contributed by atoms with Gasteiger partial charge in [-0.3, -0.25) is 4.79 Å². The molecule has 0 heterocycles. The van der Waals surface area contributed by atoms with Crippen LogP contribution in [0.2, 0.25) is 0 Å². The average molecular weight is 343 g/mol. The third kappa shape index (κ3) is 5.31. The molecule has 2 rings (SSSR count). The van der Waals surface area contributed by atoms with Crippen LogP contribution in [0.5, 0.6) is 0 Å². The van der Waals surface area contributed by atoms with Gasteiger partial charge in [-0.1, -0.05) is 42.5 Å². The van der Waals surface area contributed by atoms with Gasteiger partial charge in [0.15, 0.2) is 0 Å². The number of nitrogens with two attached hydrogens (primary N) is 1. The Bertz CT molecular complexity index is 750. The quantitative estimate of drug-likeness (QED) is 0.753. The molecule has 2 atom stereocenters. The maximum atomic E-state index is 13.4. The molecule has 0 unspecified atom stereocenters. The number of hydrogen-bond donors (Lipinski definition) is 3.